The van der Waals surface area contributed by atoms with Crippen LogP contribution in [0.15, 0.2) is 48.5 Å². The quantitative estimate of drug-likeness (QED) is 0.815. The van der Waals surface area contributed by atoms with Crippen LogP contribution in [0.5, 0.6) is 0 Å². The molecule has 0 aliphatic heterocycles. The Hall–Kier alpha value is -2.29. The Morgan fingerprint density at radius 3 is 2.22 bits per heavy atom. The molecule has 1 atom stereocenters. The highest BCUT2D eigenvalue weighted by molar-refractivity contribution is 6.30. The van der Waals surface area contributed by atoms with Gasteiger partial charge in [-0.25, -0.2) is 0 Å². The van der Waals surface area contributed by atoms with Crippen molar-refractivity contribution >= 4 is 11.6 Å². The molecule has 1 unspecified atom stereocenters. The Kier molecular flexibility index (Phi) is 3.63. The van der Waals surface area contributed by atoms with Crippen LogP contribution in [-0.4, -0.2) is 0 Å². The van der Waals surface area contributed by atoms with Gasteiger partial charge in [0.15, 0.2) is 0 Å². The fourth-order valence-corrected chi connectivity index (χ4v) is 1.96. The average Bonchev–Trinajstić information content (AvgIpc) is 2.42. The second-order valence-corrected chi connectivity index (χ2v) is 4.25. The van der Waals surface area contributed by atoms with Gasteiger partial charge in [0, 0.05) is 5.02 Å². The first-order valence-corrected chi connectivity index (χ1v) is 5.78. The third kappa shape index (κ3) is 2.35. The van der Waals surface area contributed by atoms with E-state index in [4.69, 9.17) is 16.9 Å². The Balaban J connectivity index is 2.50. The van der Waals surface area contributed by atoms with Crippen molar-refractivity contribution in [1.82, 2.24) is 0 Å². The van der Waals surface area contributed by atoms with Gasteiger partial charge in [0.25, 0.3) is 0 Å². The lowest BCUT2D eigenvalue weighted by atomic mass is 9.90. The van der Waals surface area contributed by atoms with Crippen LogP contribution < -0.4 is 0 Å². The molecule has 0 amide bonds. The van der Waals surface area contributed by atoms with Gasteiger partial charge in [-0.2, -0.15) is 10.5 Å². The smallest absolute Gasteiger partial charge is 0.0995 e. The van der Waals surface area contributed by atoms with Crippen molar-refractivity contribution in [2.24, 2.45) is 0 Å². The van der Waals surface area contributed by atoms with Crippen LogP contribution in [0.2, 0.25) is 5.02 Å². The molecule has 0 aromatic heterocycles. The average molecular weight is 253 g/mol. The van der Waals surface area contributed by atoms with Crippen LogP contribution in [0.1, 0.15) is 22.6 Å². The first-order chi connectivity index (χ1) is 8.76. The van der Waals surface area contributed by atoms with E-state index in [0.29, 0.717) is 10.6 Å². The predicted molar refractivity (Wildman–Crippen MR) is 70.1 cm³/mol. The lowest BCUT2D eigenvalue weighted by Gasteiger charge is -2.11. The summed E-state index contributed by atoms with van der Waals surface area (Å²) in [5.41, 5.74) is 2.09. The zero-order chi connectivity index (χ0) is 13.0. The van der Waals surface area contributed by atoms with E-state index in [0.717, 1.165) is 11.1 Å². The van der Waals surface area contributed by atoms with Crippen LogP contribution in [-0.2, 0) is 0 Å². The lowest BCUT2D eigenvalue weighted by molar-refractivity contribution is 1.03. The van der Waals surface area contributed by atoms with Gasteiger partial charge < -0.3 is 0 Å². The maximum Gasteiger partial charge on any atom is 0.0995 e. The molecule has 2 aromatic rings. The zero-order valence-corrected chi connectivity index (χ0v) is 10.2. The van der Waals surface area contributed by atoms with Gasteiger partial charge in [-0.05, 0) is 29.3 Å². The molecule has 0 aliphatic carbocycles. The number of hydrogen-bond acceptors (Lipinski definition) is 2. The van der Waals surface area contributed by atoms with Crippen LogP contribution in [0, 0.1) is 22.7 Å². The summed E-state index contributed by atoms with van der Waals surface area (Å²) in [6.45, 7) is 0. The second kappa shape index (κ2) is 5.36. The minimum atomic E-state index is -0.446. The van der Waals surface area contributed by atoms with Crippen molar-refractivity contribution < 1.29 is 0 Å². The monoisotopic (exact) mass is 252 g/mol. The number of benzene rings is 2. The molecule has 2 nitrogen and oxygen atoms in total. The van der Waals surface area contributed by atoms with Crippen molar-refractivity contribution in [1.29, 1.82) is 10.5 Å². The molecular weight excluding hydrogens is 244 g/mol. The van der Waals surface area contributed by atoms with Crippen molar-refractivity contribution in [3.63, 3.8) is 0 Å². The van der Waals surface area contributed by atoms with Crippen LogP contribution >= 0.6 is 11.6 Å². The molecule has 3 heteroatoms. The zero-order valence-electron chi connectivity index (χ0n) is 9.47. The lowest BCUT2D eigenvalue weighted by Crippen LogP contribution is -2.00. The highest BCUT2D eigenvalue weighted by atomic mass is 35.5. The second-order valence-electron chi connectivity index (χ2n) is 3.81. The molecule has 18 heavy (non-hydrogen) atoms. The molecule has 0 saturated carbocycles. The number of nitrogens with zero attached hydrogens (tertiary/aromatic N) is 2. The minimum absolute atomic E-state index is 0.446. The van der Waals surface area contributed by atoms with E-state index in [2.05, 4.69) is 12.1 Å². The summed E-state index contributed by atoms with van der Waals surface area (Å²) in [7, 11) is 0. The fourth-order valence-electron chi connectivity index (χ4n) is 1.83. The van der Waals surface area contributed by atoms with Gasteiger partial charge in [-0.15, -0.1) is 0 Å². The van der Waals surface area contributed by atoms with E-state index in [1.54, 1.807) is 30.3 Å². The van der Waals surface area contributed by atoms with E-state index >= 15 is 0 Å². The summed E-state index contributed by atoms with van der Waals surface area (Å²) in [4.78, 5) is 0. The summed E-state index contributed by atoms with van der Waals surface area (Å²) >= 11 is 5.83. The maximum atomic E-state index is 9.33. The van der Waals surface area contributed by atoms with E-state index < -0.39 is 5.92 Å². The van der Waals surface area contributed by atoms with Crippen molar-refractivity contribution in [3.05, 3.63) is 70.2 Å². The molecule has 0 fully saturated rings. The Bertz CT molecular complexity index is 633. The van der Waals surface area contributed by atoms with E-state index in [1.807, 2.05) is 18.2 Å². The molecule has 0 saturated heterocycles. The molecule has 0 aliphatic rings. The van der Waals surface area contributed by atoms with Gasteiger partial charge >= 0.3 is 0 Å². The summed E-state index contributed by atoms with van der Waals surface area (Å²) in [6.07, 6.45) is 0. The molecule has 86 valence electrons. The fraction of sp³-hybridized carbons (Fsp3) is 0.0667. The number of nitriles is 2. The molecule has 2 aromatic carbocycles. The van der Waals surface area contributed by atoms with E-state index in [-0.39, 0.29) is 0 Å². The predicted octanol–water partition coefficient (Wildman–Crippen LogP) is 3.87. The third-order valence-electron chi connectivity index (χ3n) is 2.72. The third-order valence-corrected chi connectivity index (χ3v) is 2.98. The van der Waals surface area contributed by atoms with Crippen molar-refractivity contribution in [2.45, 2.75) is 5.92 Å². The van der Waals surface area contributed by atoms with Crippen molar-refractivity contribution in [3.8, 4) is 12.1 Å². The molecule has 0 bridgehead atoms. The minimum Gasteiger partial charge on any atom is -0.197 e. The first-order valence-electron chi connectivity index (χ1n) is 5.40. The molecule has 2 rings (SSSR count). The highest BCUT2D eigenvalue weighted by Gasteiger charge is 2.16. The summed E-state index contributed by atoms with van der Waals surface area (Å²) in [5, 5.41) is 19.0. The summed E-state index contributed by atoms with van der Waals surface area (Å²) in [6, 6.07) is 18.6. The SMILES string of the molecule is N#Cc1ccccc1C(C#N)c1ccc(Cl)cc1. The summed E-state index contributed by atoms with van der Waals surface area (Å²) < 4.78 is 0. The molecule has 0 N–H and O–H groups in total. The normalized spacial score (nSPS) is 11.3. The number of rotatable bonds is 2. The molecule has 0 spiro atoms. The van der Waals surface area contributed by atoms with E-state index in [9.17, 15) is 5.26 Å². The van der Waals surface area contributed by atoms with Gasteiger partial charge in [0.1, 0.15) is 0 Å². The first kappa shape index (κ1) is 12.2. The Labute approximate surface area is 111 Å². The van der Waals surface area contributed by atoms with Crippen LogP contribution in [0.25, 0.3) is 0 Å². The number of hydrogen-bond donors (Lipinski definition) is 0. The standard InChI is InChI=1S/C15H9ClN2/c16-13-7-5-11(6-8-13)15(10-18)14-4-2-1-3-12(14)9-17/h1-8,15H. The molecule has 0 radical (unpaired) electrons. The van der Waals surface area contributed by atoms with Crippen molar-refractivity contribution in [2.75, 3.05) is 0 Å². The number of halogens is 1. The topological polar surface area (TPSA) is 47.6 Å². The van der Waals surface area contributed by atoms with Gasteiger partial charge in [-0.3, -0.25) is 0 Å². The highest BCUT2D eigenvalue weighted by Crippen LogP contribution is 2.27. The molecular formula is C15H9ClN2. The van der Waals surface area contributed by atoms with Gasteiger partial charge in [0.05, 0.1) is 23.6 Å². The summed E-state index contributed by atoms with van der Waals surface area (Å²) in [5.74, 6) is -0.446. The molecule has 0 heterocycles. The Morgan fingerprint density at radius 2 is 1.61 bits per heavy atom. The van der Waals surface area contributed by atoms with E-state index in [1.165, 1.54) is 0 Å². The van der Waals surface area contributed by atoms with Crippen LogP contribution in [0.4, 0.5) is 0 Å². The Morgan fingerprint density at radius 1 is 0.944 bits per heavy atom. The largest absolute Gasteiger partial charge is 0.197 e. The van der Waals surface area contributed by atoms with Crippen LogP contribution in [0.3, 0.4) is 0 Å². The maximum absolute atomic E-state index is 9.33. The van der Waals surface area contributed by atoms with Gasteiger partial charge in [-0.1, -0.05) is 41.9 Å². The van der Waals surface area contributed by atoms with Gasteiger partial charge in [0.2, 0.25) is 0 Å².